The zero-order valence-corrected chi connectivity index (χ0v) is 12.2. The van der Waals surface area contributed by atoms with Crippen LogP contribution in [-0.4, -0.2) is 4.92 Å². The van der Waals surface area contributed by atoms with Gasteiger partial charge in [-0.15, -0.1) is 11.6 Å². The summed E-state index contributed by atoms with van der Waals surface area (Å²) >= 11 is 17.5. The van der Waals surface area contributed by atoms with E-state index < -0.39 is 4.92 Å². The quantitative estimate of drug-likeness (QED) is 0.426. The Bertz CT molecular complexity index is 661. The monoisotopic (exact) mass is 331 g/mol. The summed E-state index contributed by atoms with van der Waals surface area (Å²) in [7, 11) is 0. The van der Waals surface area contributed by atoms with Crippen molar-refractivity contribution in [2.24, 2.45) is 0 Å². The van der Waals surface area contributed by atoms with Crippen LogP contribution in [0.2, 0.25) is 10.0 Å². The first kappa shape index (κ1) is 14.9. The number of hydrogen-bond donors (Lipinski definition) is 0. The lowest BCUT2D eigenvalue weighted by molar-refractivity contribution is -0.385. The number of rotatable bonds is 4. The molecule has 7 heteroatoms. The van der Waals surface area contributed by atoms with E-state index in [1.165, 1.54) is 18.2 Å². The van der Waals surface area contributed by atoms with Gasteiger partial charge >= 0.3 is 0 Å². The molecule has 0 aliphatic rings. The average Bonchev–Trinajstić information content (AvgIpc) is 2.42. The molecule has 0 saturated carbocycles. The second-order valence-corrected chi connectivity index (χ2v) is 4.97. The normalized spacial score (nSPS) is 10.3. The Kier molecular flexibility index (Phi) is 4.70. The smallest absolute Gasteiger partial charge is 0.274 e. The molecule has 104 valence electrons. The molecule has 2 aromatic rings. The first-order valence-corrected chi connectivity index (χ1v) is 6.76. The molecule has 0 bridgehead atoms. The third-order valence-corrected chi connectivity index (χ3v) is 3.35. The highest BCUT2D eigenvalue weighted by Gasteiger charge is 2.14. The largest absolute Gasteiger partial charge is 0.456 e. The summed E-state index contributed by atoms with van der Waals surface area (Å²) < 4.78 is 5.57. The number of nitrogens with zero attached hydrogens (tertiary/aromatic N) is 1. The van der Waals surface area contributed by atoms with E-state index in [1.54, 1.807) is 18.2 Å². The number of nitro groups is 1. The minimum Gasteiger partial charge on any atom is -0.456 e. The van der Waals surface area contributed by atoms with E-state index in [9.17, 15) is 10.1 Å². The van der Waals surface area contributed by atoms with E-state index in [0.29, 0.717) is 27.1 Å². The van der Waals surface area contributed by atoms with Crippen LogP contribution in [-0.2, 0) is 5.88 Å². The van der Waals surface area contributed by atoms with Crippen molar-refractivity contribution in [2.45, 2.75) is 5.88 Å². The van der Waals surface area contributed by atoms with Gasteiger partial charge in [0.25, 0.3) is 5.69 Å². The second kappa shape index (κ2) is 6.31. The summed E-state index contributed by atoms with van der Waals surface area (Å²) in [5.41, 5.74) is 0.317. The van der Waals surface area contributed by atoms with Crippen molar-refractivity contribution in [3.63, 3.8) is 0 Å². The Labute approximate surface area is 130 Å². The fourth-order valence-electron chi connectivity index (χ4n) is 1.59. The van der Waals surface area contributed by atoms with Crippen LogP contribution in [0.3, 0.4) is 0 Å². The highest BCUT2D eigenvalue weighted by Crippen LogP contribution is 2.34. The van der Waals surface area contributed by atoms with Crippen LogP contribution in [0.5, 0.6) is 11.5 Å². The zero-order valence-electron chi connectivity index (χ0n) is 9.98. The molecule has 20 heavy (non-hydrogen) atoms. The maximum absolute atomic E-state index is 10.8. The molecule has 0 spiro atoms. The first-order chi connectivity index (χ1) is 9.51. The molecule has 0 heterocycles. The summed E-state index contributed by atoms with van der Waals surface area (Å²) in [5.74, 6) is 0.778. The van der Waals surface area contributed by atoms with E-state index >= 15 is 0 Å². The van der Waals surface area contributed by atoms with Crippen molar-refractivity contribution in [2.75, 3.05) is 0 Å². The van der Waals surface area contributed by atoms with Crippen molar-refractivity contribution < 1.29 is 9.66 Å². The topological polar surface area (TPSA) is 52.4 Å². The molecule has 0 aromatic heterocycles. The number of halogens is 3. The summed E-state index contributed by atoms with van der Waals surface area (Å²) in [6.07, 6.45) is 0. The van der Waals surface area contributed by atoms with Crippen LogP contribution in [0.25, 0.3) is 0 Å². The van der Waals surface area contributed by atoms with E-state index in [1.807, 2.05) is 0 Å². The molecule has 0 unspecified atom stereocenters. The lowest BCUT2D eigenvalue weighted by Crippen LogP contribution is -1.94. The van der Waals surface area contributed by atoms with Gasteiger partial charge in [0, 0.05) is 22.7 Å². The molecule has 0 aliphatic heterocycles. The predicted octanol–water partition coefficient (Wildman–Crippen LogP) is 5.43. The van der Waals surface area contributed by atoms with Crippen molar-refractivity contribution in [3.8, 4) is 11.5 Å². The average molecular weight is 333 g/mol. The van der Waals surface area contributed by atoms with Gasteiger partial charge in [-0.25, -0.2) is 0 Å². The number of ether oxygens (including phenoxy) is 1. The molecule has 4 nitrogen and oxygen atoms in total. The van der Waals surface area contributed by atoms with E-state index in [4.69, 9.17) is 39.5 Å². The molecular weight excluding hydrogens is 325 g/mol. The Balaban J connectivity index is 2.34. The third kappa shape index (κ3) is 3.33. The molecular formula is C13H8Cl3NO3. The Morgan fingerprint density at radius 1 is 1.15 bits per heavy atom. The van der Waals surface area contributed by atoms with Gasteiger partial charge in [-0.2, -0.15) is 0 Å². The molecule has 0 N–H and O–H groups in total. The SMILES string of the molecule is O=[N+]([O-])c1ccc(Oc2cc(Cl)ccc2Cl)cc1CCl. The molecule has 0 aliphatic carbocycles. The molecule has 0 fully saturated rings. The van der Waals surface area contributed by atoms with Gasteiger partial charge in [0.2, 0.25) is 0 Å². The van der Waals surface area contributed by atoms with Crippen LogP contribution >= 0.6 is 34.8 Å². The Morgan fingerprint density at radius 2 is 1.90 bits per heavy atom. The molecule has 0 saturated heterocycles. The van der Waals surface area contributed by atoms with Gasteiger partial charge in [0.1, 0.15) is 11.5 Å². The molecule has 0 atom stereocenters. The first-order valence-electron chi connectivity index (χ1n) is 5.47. The number of benzene rings is 2. The summed E-state index contributed by atoms with van der Waals surface area (Å²) in [6.45, 7) is 0. The van der Waals surface area contributed by atoms with Gasteiger partial charge in [0.15, 0.2) is 0 Å². The molecule has 2 aromatic carbocycles. The lowest BCUT2D eigenvalue weighted by atomic mass is 10.2. The van der Waals surface area contributed by atoms with Gasteiger partial charge < -0.3 is 4.74 Å². The van der Waals surface area contributed by atoms with Gasteiger partial charge in [-0.1, -0.05) is 23.2 Å². The van der Waals surface area contributed by atoms with Crippen LogP contribution in [0.4, 0.5) is 5.69 Å². The number of hydrogen-bond acceptors (Lipinski definition) is 3. The molecule has 2 rings (SSSR count). The predicted molar refractivity (Wildman–Crippen MR) is 79.2 cm³/mol. The third-order valence-electron chi connectivity index (χ3n) is 2.51. The highest BCUT2D eigenvalue weighted by atomic mass is 35.5. The number of alkyl halides is 1. The number of nitro benzene ring substituents is 1. The van der Waals surface area contributed by atoms with Crippen LogP contribution in [0.1, 0.15) is 5.56 Å². The van der Waals surface area contributed by atoms with Crippen molar-refractivity contribution in [3.05, 3.63) is 62.1 Å². The van der Waals surface area contributed by atoms with Crippen molar-refractivity contribution in [1.29, 1.82) is 0 Å². The maximum atomic E-state index is 10.8. The Morgan fingerprint density at radius 3 is 2.55 bits per heavy atom. The van der Waals surface area contributed by atoms with Crippen LogP contribution < -0.4 is 4.74 Å². The fourth-order valence-corrected chi connectivity index (χ4v) is 2.13. The van der Waals surface area contributed by atoms with Gasteiger partial charge in [-0.3, -0.25) is 10.1 Å². The van der Waals surface area contributed by atoms with E-state index in [2.05, 4.69) is 0 Å². The van der Waals surface area contributed by atoms with E-state index in [-0.39, 0.29) is 11.6 Å². The fraction of sp³-hybridized carbons (Fsp3) is 0.0769. The Hall–Kier alpha value is -1.49. The molecule has 0 amide bonds. The minimum atomic E-state index is -0.492. The van der Waals surface area contributed by atoms with Gasteiger partial charge in [-0.05, 0) is 24.3 Å². The van der Waals surface area contributed by atoms with Crippen LogP contribution in [0, 0.1) is 10.1 Å². The maximum Gasteiger partial charge on any atom is 0.274 e. The molecule has 0 radical (unpaired) electrons. The lowest BCUT2D eigenvalue weighted by Gasteiger charge is -2.09. The summed E-state index contributed by atoms with van der Waals surface area (Å²) in [5, 5.41) is 11.7. The zero-order chi connectivity index (χ0) is 14.7. The van der Waals surface area contributed by atoms with Crippen molar-refractivity contribution in [1.82, 2.24) is 0 Å². The highest BCUT2D eigenvalue weighted by molar-refractivity contribution is 6.34. The minimum absolute atomic E-state index is 0.0107. The summed E-state index contributed by atoms with van der Waals surface area (Å²) in [6, 6.07) is 9.12. The summed E-state index contributed by atoms with van der Waals surface area (Å²) in [4.78, 5) is 10.3. The van der Waals surface area contributed by atoms with Crippen molar-refractivity contribution >= 4 is 40.5 Å². The van der Waals surface area contributed by atoms with Crippen LogP contribution in [0.15, 0.2) is 36.4 Å². The standard InChI is InChI=1S/C13H8Cl3NO3/c14-7-8-5-10(2-4-12(8)17(18)19)20-13-6-9(15)1-3-11(13)16/h1-6H,7H2. The second-order valence-electron chi connectivity index (χ2n) is 3.86. The van der Waals surface area contributed by atoms with Gasteiger partial charge in [0.05, 0.1) is 15.8 Å². The van der Waals surface area contributed by atoms with E-state index in [0.717, 1.165) is 0 Å².